The number of halogens is 3. The van der Waals surface area contributed by atoms with Crippen LogP contribution in [0.2, 0.25) is 0 Å². The molecule has 4 heterocycles. The number of hydrogen-bond donors (Lipinski definition) is 1. The Labute approximate surface area is 191 Å². The van der Waals surface area contributed by atoms with E-state index >= 15 is 0 Å². The first-order valence-electron chi connectivity index (χ1n) is 10.7. The number of amides is 1. The quantitative estimate of drug-likeness (QED) is 0.600. The molecule has 6 rings (SSSR count). The van der Waals surface area contributed by atoms with Crippen molar-refractivity contribution in [2.45, 2.75) is 38.0 Å². The molecule has 3 fully saturated rings. The van der Waals surface area contributed by atoms with Crippen molar-refractivity contribution in [2.24, 2.45) is 11.3 Å². The first-order chi connectivity index (χ1) is 15.8. The van der Waals surface area contributed by atoms with Crippen LogP contribution in [0.4, 0.5) is 19.0 Å². The summed E-state index contributed by atoms with van der Waals surface area (Å²) < 4.78 is 38.5. The van der Waals surface area contributed by atoms with E-state index in [-0.39, 0.29) is 23.4 Å². The molecule has 2 aliphatic carbocycles. The highest BCUT2D eigenvalue weighted by molar-refractivity contribution is 7.13. The predicted molar refractivity (Wildman–Crippen MR) is 117 cm³/mol. The van der Waals surface area contributed by atoms with Gasteiger partial charge in [-0.25, -0.2) is 15.0 Å². The number of alkyl halides is 3. The van der Waals surface area contributed by atoms with Crippen LogP contribution in [0, 0.1) is 18.3 Å². The molecule has 10 heteroatoms. The molecular formula is C23H20F3N5OS. The lowest BCUT2D eigenvalue weighted by molar-refractivity contribution is -0.137. The SMILES string of the molecule is Cc1ccc(-c2nccs2)c(C(=O)N2CC3CC34CC(Nc3ccc(C(F)(F)F)cn3)C24)n1. The number of aryl methyl sites for hydroxylation is 1. The molecule has 0 radical (unpaired) electrons. The zero-order valence-electron chi connectivity index (χ0n) is 17.6. The van der Waals surface area contributed by atoms with Crippen molar-refractivity contribution in [1.29, 1.82) is 0 Å². The Kier molecular flexibility index (Phi) is 4.36. The highest BCUT2D eigenvalue weighted by Crippen LogP contribution is 2.71. The van der Waals surface area contributed by atoms with E-state index < -0.39 is 11.7 Å². The van der Waals surface area contributed by atoms with Crippen LogP contribution < -0.4 is 5.32 Å². The first kappa shape index (κ1) is 20.6. The molecule has 1 aliphatic heterocycles. The number of likely N-dealkylation sites (tertiary alicyclic amines) is 1. The van der Waals surface area contributed by atoms with E-state index in [9.17, 15) is 18.0 Å². The molecule has 0 bridgehead atoms. The predicted octanol–water partition coefficient (Wildman–Crippen LogP) is 4.64. The van der Waals surface area contributed by atoms with Gasteiger partial charge in [-0.2, -0.15) is 13.2 Å². The summed E-state index contributed by atoms with van der Waals surface area (Å²) in [4.78, 5) is 28.5. The van der Waals surface area contributed by atoms with Crippen LogP contribution in [-0.2, 0) is 6.18 Å². The number of piperidine rings is 1. The summed E-state index contributed by atoms with van der Waals surface area (Å²) in [5.41, 5.74) is 1.22. The molecule has 0 aromatic carbocycles. The summed E-state index contributed by atoms with van der Waals surface area (Å²) in [5.74, 6) is 0.738. The minimum Gasteiger partial charge on any atom is -0.365 e. The van der Waals surface area contributed by atoms with Crippen molar-refractivity contribution in [1.82, 2.24) is 19.9 Å². The van der Waals surface area contributed by atoms with Gasteiger partial charge in [-0.05, 0) is 55.4 Å². The molecule has 3 aromatic rings. The van der Waals surface area contributed by atoms with Crippen LogP contribution in [0.3, 0.4) is 0 Å². The van der Waals surface area contributed by atoms with Crippen LogP contribution in [0.5, 0.6) is 0 Å². The lowest BCUT2D eigenvalue weighted by atomic mass is 9.71. The molecule has 3 aromatic heterocycles. The van der Waals surface area contributed by atoms with Crippen LogP contribution >= 0.6 is 11.3 Å². The molecule has 4 atom stereocenters. The van der Waals surface area contributed by atoms with E-state index in [0.29, 0.717) is 24.0 Å². The van der Waals surface area contributed by atoms with E-state index in [1.807, 2.05) is 29.3 Å². The molecular weight excluding hydrogens is 451 g/mol. The average molecular weight is 472 g/mol. The fourth-order valence-corrected chi connectivity index (χ4v) is 6.24. The Balaban J connectivity index is 1.26. The number of pyridine rings is 2. The molecule has 1 spiro atoms. The summed E-state index contributed by atoms with van der Waals surface area (Å²) in [5, 5.41) is 5.89. The Hall–Kier alpha value is -3.01. The van der Waals surface area contributed by atoms with Gasteiger partial charge in [0.25, 0.3) is 5.91 Å². The summed E-state index contributed by atoms with van der Waals surface area (Å²) in [7, 11) is 0. The number of nitrogens with one attached hydrogen (secondary N) is 1. The van der Waals surface area contributed by atoms with Crippen molar-refractivity contribution < 1.29 is 18.0 Å². The number of thiazole rings is 1. The van der Waals surface area contributed by atoms with Gasteiger partial charge in [0.2, 0.25) is 0 Å². The van der Waals surface area contributed by atoms with Crippen molar-refractivity contribution in [3.63, 3.8) is 0 Å². The van der Waals surface area contributed by atoms with Gasteiger partial charge in [0.05, 0.1) is 11.6 Å². The molecule has 3 aliphatic rings. The van der Waals surface area contributed by atoms with Crippen molar-refractivity contribution in [3.05, 3.63) is 59.0 Å². The Morgan fingerprint density at radius 1 is 1.21 bits per heavy atom. The van der Waals surface area contributed by atoms with Crippen LogP contribution in [0.25, 0.3) is 10.6 Å². The third-order valence-electron chi connectivity index (χ3n) is 7.19. The summed E-state index contributed by atoms with van der Waals surface area (Å²) in [6.07, 6.45) is 0.0935. The van der Waals surface area contributed by atoms with Crippen LogP contribution in [-0.4, -0.2) is 44.4 Å². The molecule has 170 valence electrons. The number of aromatic nitrogens is 3. The largest absolute Gasteiger partial charge is 0.417 e. The lowest BCUT2D eigenvalue weighted by Crippen LogP contribution is -2.60. The third kappa shape index (κ3) is 3.22. The summed E-state index contributed by atoms with van der Waals surface area (Å²) in [6, 6.07) is 6.06. The second-order valence-corrected chi connectivity index (χ2v) is 10.0. The molecule has 33 heavy (non-hydrogen) atoms. The van der Waals surface area contributed by atoms with E-state index in [1.165, 1.54) is 17.4 Å². The highest BCUT2D eigenvalue weighted by atomic mass is 32.1. The van der Waals surface area contributed by atoms with E-state index in [4.69, 9.17) is 0 Å². The van der Waals surface area contributed by atoms with E-state index in [2.05, 4.69) is 20.3 Å². The van der Waals surface area contributed by atoms with Gasteiger partial charge in [0.1, 0.15) is 16.5 Å². The average Bonchev–Trinajstić information content (AvgIpc) is 3.14. The fourth-order valence-electron chi connectivity index (χ4n) is 5.58. The standard InChI is InChI=1S/C23H20F3N5OS/c1-12-2-4-15(20-27-6-7-33-20)18(29-12)21(32)31-11-14-8-22(14)9-16(19(22)31)30-17-5-3-13(10-28-17)23(24,25)26/h2-7,10,14,16,19H,8-9,11H2,1H3,(H,28,30). The molecule has 1 N–H and O–H groups in total. The second kappa shape index (κ2) is 6.99. The first-order valence-corrected chi connectivity index (χ1v) is 11.6. The number of carbonyl (C=O) groups excluding carboxylic acids is 1. The molecule has 2 saturated carbocycles. The zero-order valence-corrected chi connectivity index (χ0v) is 18.5. The highest BCUT2D eigenvalue weighted by Gasteiger charge is 2.75. The minimum absolute atomic E-state index is 0.0226. The number of anilines is 1. The van der Waals surface area contributed by atoms with Crippen molar-refractivity contribution >= 4 is 23.1 Å². The maximum Gasteiger partial charge on any atom is 0.417 e. The molecule has 1 amide bonds. The zero-order chi connectivity index (χ0) is 23.0. The number of nitrogens with zero attached hydrogens (tertiary/aromatic N) is 4. The van der Waals surface area contributed by atoms with Gasteiger partial charge in [-0.3, -0.25) is 4.79 Å². The fraction of sp³-hybridized carbons (Fsp3) is 0.391. The van der Waals surface area contributed by atoms with Crippen molar-refractivity contribution in [2.75, 3.05) is 11.9 Å². The van der Waals surface area contributed by atoms with Crippen LogP contribution in [0.15, 0.2) is 42.0 Å². The Bertz CT molecular complexity index is 1230. The lowest BCUT2D eigenvalue weighted by Gasteiger charge is -2.48. The number of carbonyl (C=O) groups is 1. The Morgan fingerprint density at radius 2 is 2.06 bits per heavy atom. The summed E-state index contributed by atoms with van der Waals surface area (Å²) in [6.45, 7) is 2.53. The van der Waals surface area contributed by atoms with Gasteiger partial charge in [0, 0.05) is 41.6 Å². The third-order valence-corrected chi connectivity index (χ3v) is 7.99. The monoisotopic (exact) mass is 471 g/mol. The molecule has 4 unspecified atom stereocenters. The maximum absolute atomic E-state index is 13.7. The normalized spacial score (nSPS) is 27.5. The van der Waals surface area contributed by atoms with Gasteiger partial charge < -0.3 is 10.2 Å². The van der Waals surface area contributed by atoms with E-state index in [0.717, 1.165) is 41.4 Å². The van der Waals surface area contributed by atoms with Gasteiger partial charge in [-0.1, -0.05) is 0 Å². The number of hydrogen-bond acceptors (Lipinski definition) is 6. The summed E-state index contributed by atoms with van der Waals surface area (Å²) >= 11 is 1.46. The molecule has 1 saturated heterocycles. The number of rotatable bonds is 4. The minimum atomic E-state index is -4.42. The second-order valence-electron chi connectivity index (χ2n) is 9.11. The van der Waals surface area contributed by atoms with E-state index in [1.54, 1.807) is 6.20 Å². The topological polar surface area (TPSA) is 71.0 Å². The Morgan fingerprint density at radius 3 is 2.76 bits per heavy atom. The van der Waals surface area contributed by atoms with Crippen LogP contribution in [0.1, 0.15) is 34.6 Å². The van der Waals surface area contributed by atoms with Gasteiger partial charge in [0.15, 0.2) is 0 Å². The molecule has 6 nitrogen and oxygen atoms in total. The maximum atomic E-state index is 13.7. The van der Waals surface area contributed by atoms with Crippen molar-refractivity contribution in [3.8, 4) is 10.6 Å². The van der Waals surface area contributed by atoms with Gasteiger partial charge >= 0.3 is 6.18 Å². The van der Waals surface area contributed by atoms with Gasteiger partial charge in [-0.15, -0.1) is 11.3 Å². The smallest absolute Gasteiger partial charge is 0.365 e.